The number of hydrogen-bond acceptors (Lipinski definition) is 5. The summed E-state index contributed by atoms with van der Waals surface area (Å²) in [5.74, 6) is -3.67. The SMILES string of the molecule is C[C@@H](CC(=O)NCc1cccc2ccccc12)NC(=O)[C@@H](N)CC(=O)NC(C)(C)C.O=C(O)C(F)(F)F. The van der Waals surface area contributed by atoms with Gasteiger partial charge in [-0.3, -0.25) is 14.4 Å². The largest absolute Gasteiger partial charge is 0.490 e. The molecule has 0 saturated carbocycles. The summed E-state index contributed by atoms with van der Waals surface area (Å²) in [6.07, 6.45) is -5.07. The minimum absolute atomic E-state index is 0.108. The summed E-state index contributed by atoms with van der Waals surface area (Å²) >= 11 is 0. The summed E-state index contributed by atoms with van der Waals surface area (Å²) in [5.41, 5.74) is 6.48. The van der Waals surface area contributed by atoms with E-state index in [1.165, 1.54) is 0 Å². The van der Waals surface area contributed by atoms with Crippen molar-refractivity contribution >= 4 is 34.5 Å². The average Bonchev–Trinajstić information content (AvgIpc) is 2.75. The molecular weight excluding hydrogens is 493 g/mol. The third-order valence-electron chi connectivity index (χ3n) is 4.74. The van der Waals surface area contributed by atoms with E-state index in [1.807, 2.05) is 63.2 Å². The summed E-state index contributed by atoms with van der Waals surface area (Å²) in [6, 6.07) is 12.6. The number of carbonyl (C=O) groups is 4. The van der Waals surface area contributed by atoms with E-state index in [9.17, 15) is 27.6 Å². The summed E-state index contributed by atoms with van der Waals surface area (Å²) in [4.78, 5) is 45.3. The normalized spacial score (nSPS) is 13.0. The van der Waals surface area contributed by atoms with Gasteiger partial charge in [0.2, 0.25) is 17.7 Å². The fourth-order valence-electron chi connectivity index (χ4n) is 3.15. The number of amides is 3. The van der Waals surface area contributed by atoms with E-state index in [2.05, 4.69) is 16.0 Å². The highest BCUT2D eigenvalue weighted by molar-refractivity contribution is 5.89. The number of aliphatic carboxylic acids is 1. The molecule has 2 aromatic rings. The number of carboxylic acids is 1. The Labute approximate surface area is 213 Å². The lowest BCUT2D eigenvalue weighted by molar-refractivity contribution is -0.192. The van der Waals surface area contributed by atoms with Crippen LogP contribution in [-0.4, -0.2) is 52.6 Å². The Kier molecular flexibility index (Phi) is 11.5. The maximum Gasteiger partial charge on any atom is 0.490 e. The Morgan fingerprint density at radius 1 is 0.946 bits per heavy atom. The highest BCUT2D eigenvalue weighted by Crippen LogP contribution is 2.18. The minimum Gasteiger partial charge on any atom is -0.475 e. The third-order valence-corrected chi connectivity index (χ3v) is 4.74. The minimum atomic E-state index is -5.08. The highest BCUT2D eigenvalue weighted by atomic mass is 19.4. The van der Waals surface area contributed by atoms with Crippen molar-refractivity contribution in [3.05, 3.63) is 48.0 Å². The molecule has 9 nitrogen and oxygen atoms in total. The van der Waals surface area contributed by atoms with Crippen molar-refractivity contribution in [1.29, 1.82) is 0 Å². The number of benzene rings is 2. The number of fused-ring (bicyclic) bond motifs is 1. The Morgan fingerprint density at radius 3 is 2.08 bits per heavy atom. The van der Waals surface area contributed by atoms with Gasteiger partial charge in [-0.1, -0.05) is 42.5 Å². The van der Waals surface area contributed by atoms with Crippen molar-refractivity contribution in [2.45, 2.75) is 70.9 Å². The van der Waals surface area contributed by atoms with Gasteiger partial charge in [0.05, 0.1) is 12.5 Å². The molecule has 204 valence electrons. The molecule has 0 fully saturated rings. The highest BCUT2D eigenvalue weighted by Gasteiger charge is 2.38. The summed E-state index contributed by atoms with van der Waals surface area (Å²) < 4.78 is 31.7. The van der Waals surface area contributed by atoms with Crippen LogP contribution in [0.15, 0.2) is 42.5 Å². The van der Waals surface area contributed by atoms with Gasteiger partial charge in [-0.25, -0.2) is 4.79 Å². The van der Waals surface area contributed by atoms with Crippen LogP contribution in [0, 0.1) is 0 Å². The average molecular weight is 527 g/mol. The Balaban J connectivity index is 0.000000856. The lowest BCUT2D eigenvalue weighted by Crippen LogP contribution is -2.49. The van der Waals surface area contributed by atoms with Gasteiger partial charge in [0.1, 0.15) is 0 Å². The molecule has 0 aliphatic heterocycles. The monoisotopic (exact) mass is 526 g/mol. The van der Waals surface area contributed by atoms with Crippen LogP contribution >= 0.6 is 0 Å². The number of carboxylic acid groups (broad SMARTS) is 1. The van der Waals surface area contributed by atoms with E-state index in [1.54, 1.807) is 6.92 Å². The molecule has 0 bridgehead atoms. The van der Waals surface area contributed by atoms with Crippen molar-refractivity contribution in [3.8, 4) is 0 Å². The van der Waals surface area contributed by atoms with Gasteiger partial charge in [0.25, 0.3) is 0 Å². The van der Waals surface area contributed by atoms with Crippen molar-refractivity contribution in [2.75, 3.05) is 0 Å². The molecule has 6 N–H and O–H groups in total. The second-order valence-corrected chi connectivity index (χ2v) is 9.44. The van der Waals surface area contributed by atoms with Crippen molar-refractivity contribution in [1.82, 2.24) is 16.0 Å². The van der Waals surface area contributed by atoms with Gasteiger partial charge >= 0.3 is 12.1 Å². The maximum atomic E-state index is 12.3. The van der Waals surface area contributed by atoms with Gasteiger partial charge in [0.15, 0.2) is 0 Å². The van der Waals surface area contributed by atoms with Crippen LogP contribution < -0.4 is 21.7 Å². The van der Waals surface area contributed by atoms with Crippen LogP contribution in [0.25, 0.3) is 10.8 Å². The summed E-state index contributed by atoms with van der Waals surface area (Å²) in [7, 11) is 0. The molecule has 2 atom stereocenters. The molecule has 12 heteroatoms. The number of nitrogens with one attached hydrogen (secondary N) is 3. The fraction of sp³-hybridized carbons (Fsp3) is 0.440. The third kappa shape index (κ3) is 12.2. The first kappa shape index (κ1) is 31.4. The number of alkyl halides is 3. The Hall–Kier alpha value is -3.67. The van der Waals surface area contributed by atoms with E-state index < -0.39 is 30.1 Å². The molecule has 3 amide bonds. The smallest absolute Gasteiger partial charge is 0.475 e. The van der Waals surface area contributed by atoms with E-state index in [0.717, 1.165) is 16.3 Å². The number of rotatable bonds is 8. The lowest BCUT2D eigenvalue weighted by atomic mass is 10.0. The second-order valence-electron chi connectivity index (χ2n) is 9.44. The zero-order chi connectivity index (χ0) is 28.4. The standard InChI is InChI=1S/C23H32N4O3.C2HF3O2/c1-15(26-22(30)19(24)13-21(29)27-23(2,3)4)12-20(28)25-14-17-10-7-9-16-8-5-6-11-18(16)17;3-2(4,5)1(6)7/h5-11,15,19H,12-14,24H2,1-4H3,(H,25,28)(H,26,30)(H,27,29);(H,6,7)/t15-,19-;/m0./s1. The topological polar surface area (TPSA) is 151 Å². The first-order chi connectivity index (χ1) is 17.0. The first-order valence-electron chi connectivity index (χ1n) is 11.4. The summed E-state index contributed by atoms with van der Waals surface area (Å²) in [5, 5.41) is 17.7. The number of halogens is 3. The predicted molar refractivity (Wildman–Crippen MR) is 132 cm³/mol. The fourth-order valence-corrected chi connectivity index (χ4v) is 3.15. The molecule has 37 heavy (non-hydrogen) atoms. The molecule has 0 radical (unpaired) electrons. The first-order valence-corrected chi connectivity index (χ1v) is 11.4. The molecular formula is C25H33F3N4O5. The van der Waals surface area contributed by atoms with E-state index in [-0.39, 0.29) is 30.2 Å². The van der Waals surface area contributed by atoms with Crippen molar-refractivity contribution in [3.63, 3.8) is 0 Å². The van der Waals surface area contributed by atoms with Gasteiger partial charge < -0.3 is 26.8 Å². The number of nitrogens with two attached hydrogens (primary N) is 1. The van der Waals surface area contributed by atoms with Gasteiger partial charge in [-0.15, -0.1) is 0 Å². The van der Waals surface area contributed by atoms with Crippen molar-refractivity contribution in [2.24, 2.45) is 5.73 Å². The van der Waals surface area contributed by atoms with Crippen LogP contribution in [-0.2, 0) is 25.7 Å². The Bertz CT molecular complexity index is 1090. The zero-order valence-corrected chi connectivity index (χ0v) is 21.1. The summed E-state index contributed by atoms with van der Waals surface area (Å²) in [6.45, 7) is 7.71. The molecule has 0 heterocycles. The van der Waals surface area contributed by atoms with Crippen molar-refractivity contribution < 1.29 is 37.5 Å². The quantitative estimate of drug-likeness (QED) is 0.357. The molecule has 2 rings (SSSR count). The van der Waals surface area contributed by atoms with Gasteiger partial charge in [-0.2, -0.15) is 13.2 Å². The molecule has 0 aliphatic carbocycles. The van der Waals surface area contributed by atoms with Crippen LogP contribution in [0.5, 0.6) is 0 Å². The van der Waals surface area contributed by atoms with Gasteiger partial charge in [-0.05, 0) is 44.0 Å². The number of carbonyl (C=O) groups excluding carboxylic acids is 3. The Morgan fingerprint density at radius 2 is 1.51 bits per heavy atom. The van der Waals surface area contributed by atoms with E-state index >= 15 is 0 Å². The molecule has 0 aliphatic rings. The molecule has 0 aromatic heterocycles. The van der Waals surface area contributed by atoms with Crippen LogP contribution in [0.1, 0.15) is 46.1 Å². The maximum absolute atomic E-state index is 12.3. The molecule has 2 aromatic carbocycles. The van der Waals surface area contributed by atoms with Gasteiger partial charge in [0, 0.05) is 24.5 Å². The van der Waals surface area contributed by atoms with Crippen LogP contribution in [0.2, 0.25) is 0 Å². The second kappa shape index (κ2) is 13.6. The predicted octanol–water partition coefficient (Wildman–Crippen LogP) is 2.62. The number of hydrogen-bond donors (Lipinski definition) is 5. The molecule has 0 saturated heterocycles. The van der Waals surface area contributed by atoms with E-state index in [0.29, 0.717) is 6.54 Å². The van der Waals surface area contributed by atoms with E-state index in [4.69, 9.17) is 15.6 Å². The zero-order valence-electron chi connectivity index (χ0n) is 21.1. The molecule has 0 unspecified atom stereocenters. The molecule has 0 spiro atoms. The van der Waals surface area contributed by atoms with Crippen LogP contribution in [0.4, 0.5) is 13.2 Å². The lowest BCUT2D eigenvalue weighted by Gasteiger charge is -2.22. The van der Waals surface area contributed by atoms with Crippen LogP contribution in [0.3, 0.4) is 0 Å².